The van der Waals surface area contributed by atoms with E-state index >= 15 is 0 Å². The number of likely N-dealkylation sites (tertiary alicyclic amines) is 1. The van der Waals surface area contributed by atoms with Gasteiger partial charge in [-0.2, -0.15) is 0 Å². The first-order chi connectivity index (χ1) is 17.2. The molecule has 3 fully saturated rings. The first-order valence-corrected chi connectivity index (χ1v) is 13.5. The molecule has 2 aliphatic heterocycles. The number of hydrogen-bond donors (Lipinski definition) is 1. The Morgan fingerprint density at radius 3 is 2.38 bits per heavy atom. The summed E-state index contributed by atoms with van der Waals surface area (Å²) < 4.78 is 11.4. The first-order valence-electron chi connectivity index (χ1n) is 13.1. The fourth-order valence-corrected chi connectivity index (χ4v) is 5.61. The molecule has 1 spiro atoms. The van der Waals surface area contributed by atoms with Crippen LogP contribution >= 0.6 is 12.2 Å². The number of nitrogens with zero attached hydrogens (tertiary/aromatic N) is 2. The Labute approximate surface area is 225 Å². The molecule has 2 atom stereocenters. The van der Waals surface area contributed by atoms with Crippen molar-refractivity contribution in [1.82, 2.24) is 10.2 Å². The van der Waals surface area contributed by atoms with Crippen LogP contribution in [0.25, 0.3) is 0 Å². The Balaban J connectivity index is 1.53. The van der Waals surface area contributed by atoms with Gasteiger partial charge < -0.3 is 19.7 Å². The number of carbonyl (C=O) groups excluding carboxylic acids is 3. The molecule has 1 aromatic rings. The molecular formula is C28H39N3O5S. The summed E-state index contributed by atoms with van der Waals surface area (Å²) in [7, 11) is 0. The van der Waals surface area contributed by atoms with Crippen LogP contribution in [0.2, 0.25) is 0 Å². The van der Waals surface area contributed by atoms with Gasteiger partial charge in [0.1, 0.15) is 16.7 Å². The predicted molar refractivity (Wildman–Crippen MR) is 145 cm³/mol. The minimum absolute atomic E-state index is 0.00612. The van der Waals surface area contributed by atoms with E-state index in [0.717, 1.165) is 24.8 Å². The fourth-order valence-electron chi connectivity index (χ4n) is 5.23. The molecule has 0 unspecified atom stereocenters. The van der Waals surface area contributed by atoms with Gasteiger partial charge in [-0.1, -0.05) is 12.1 Å². The molecule has 1 aromatic carbocycles. The van der Waals surface area contributed by atoms with Crippen LogP contribution in [0.4, 0.5) is 10.5 Å². The zero-order valence-corrected chi connectivity index (χ0v) is 23.6. The van der Waals surface area contributed by atoms with E-state index in [1.54, 1.807) is 9.80 Å². The van der Waals surface area contributed by atoms with Gasteiger partial charge in [-0.15, -0.1) is 0 Å². The van der Waals surface area contributed by atoms with Gasteiger partial charge in [0.2, 0.25) is 0 Å². The molecule has 1 N–H and O–H groups in total. The van der Waals surface area contributed by atoms with E-state index in [9.17, 15) is 14.4 Å². The summed E-state index contributed by atoms with van der Waals surface area (Å²) in [6.07, 6.45) is 3.34. The summed E-state index contributed by atoms with van der Waals surface area (Å²) >= 11 is 5.51. The summed E-state index contributed by atoms with van der Waals surface area (Å²) in [5, 5.41) is 3.66. The van der Waals surface area contributed by atoms with Gasteiger partial charge in [-0.05, 0) is 109 Å². The van der Waals surface area contributed by atoms with Crippen molar-refractivity contribution in [2.45, 2.75) is 90.4 Å². The topological polar surface area (TPSA) is 88.2 Å². The Morgan fingerprint density at radius 2 is 1.81 bits per heavy atom. The highest BCUT2D eigenvalue weighted by atomic mass is 32.1. The molecule has 37 heavy (non-hydrogen) atoms. The third-order valence-electron chi connectivity index (χ3n) is 7.15. The van der Waals surface area contributed by atoms with Crippen molar-refractivity contribution in [2.24, 2.45) is 11.8 Å². The summed E-state index contributed by atoms with van der Waals surface area (Å²) in [4.78, 5) is 42.5. The molecule has 0 bridgehead atoms. The quantitative estimate of drug-likeness (QED) is 0.441. The highest BCUT2D eigenvalue weighted by molar-refractivity contribution is 7.80. The molecule has 9 heteroatoms. The molecule has 2 heterocycles. The zero-order valence-electron chi connectivity index (χ0n) is 22.8. The van der Waals surface area contributed by atoms with Crippen LogP contribution in [-0.2, 0) is 25.5 Å². The number of hydrogen-bond acceptors (Lipinski definition) is 6. The Bertz CT molecular complexity index is 1090. The normalized spacial score (nSPS) is 22.1. The highest BCUT2D eigenvalue weighted by Crippen LogP contribution is 2.39. The molecule has 8 nitrogen and oxygen atoms in total. The molecule has 2 saturated heterocycles. The molecule has 3 aliphatic rings. The Morgan fingerprint density at radius 1 is 1.14 bits per heavy atom. The minimum atomic E-state index is -0.627. The van der Waals surface area contributed by atoms with Gasteiger partial charge in [0.05, 0.1) is 11.6 Å². The van der Waals surface area contributed by atoms with Crippen LogP contribution in [-0.4, -0.2) is 57.8 Å². The highest BCUT2D eigenvalue weighted by Gasteiger charge is 2.53. The van der Waals surface area contributed by atoms with Crippen LogP contribution in [0, 0.1) is 11.8 Å². The third kappa shape index (κ3) is 6.08. The number of rotatable bonds is 5. The average molecular weight is 530 g/mol. The lowest BCUT2D eigenvalue weighted by Gasteiger charge is -2.35. The van der Waals surface area contributed by atoms with Crippen molar-refractivity contribution >= 4 is 41.0 Å². The number of thiocarbonyl (C=S) groups is 1. The molecule has 202 valence electrons. The zero-order chi connectivity index (χ0) is 27.2. The molecule has 0 aromatic heterocycles. The van der Waals surface area contributed by atoms with Crippen LogP contribution in [0.1, 0.15) is 72.8 Å². The SMILES string of the molecule is CC(C)(C)OC(=O)[C@@H](Cc1cccc(N2C(=O)C3(CCC3)NC2=S)c1)[C@H]1CCN(C(=O)OC(C)(C)C)C1. The number of carbonyl (C=O) groups is 3. The second-order valence-electron chi connectivity index (χ2n) is 12.5. The summed E-state index contributed by atoms with van der Waals surface area (Å²) in [6, 6.07) is 7.65. The van der Waals surface area contributed by atoms with E-state index in [4.69, 9.17) is 21.7 Å². The second-order valence-corrected chi connectivity index (χ2v) is 12.9. The molecule has 0 radical (unpaired) electrons. The van der Waals surface area contributed by atoms with Crippen LogP contribution < -0.4 is 10.2 Å². The van der Waals surface area contributed by atoms with Gasteiger partial charge in [0.25, 0.3) is 5.91 Å². The van der Waals surface area contributed by atoms with Crippen LogP contribution in [0.5, 0.6) is 0 Å². The van der Waals surface area contributed by atoms with Crippen molar-refractivity contribution in [3.63, 3.8) is 0 Å². The van der Waals surface area contributed by atoms with Gasteiger partial charge in [-0.25, -0.2) is 4.79 Å². The maximum absolute atomic E-state index is 13.4. The van der Waals surface area contributed by atoms with Crippen LogP contribution in [0.15, 0.2) is 24.3 Å². The van der Waals surface area contributed by atoms with Crippen LogP contribution in [0.3, 0.4) is 0 Å². The van der Waals surface area contributed by atoms with Gasteiger partial charge >= 0.3 is 12.1 Å². The summed E-state index contributed by atoms with van der Waals surface area (Å²) in [5.74, 6) is -0.801. The molecule has 2 amide bonds. The third-order valence-corrected chi connectivity index (χ3v) is 7.43. The number of esters is 1. The van der Waals surface area contributed by atoms with Crippen molar-refractivity contribution < 1.29 is 23.9 Å². The lowest BCUT2D eigenvalue weighted by Crippen LogP contribution is -2.52. The van der Waals surface area contributed by atoms with E-state index in [0.29, 0.717) is 36.7 Å². The summed E-state index contributed by atoms with van der Waals surface area (Å²) in [6.45, 7) is 12.0. The van der Waals surface area contributed by atoms with Gasteiger partial charge in [0.15, 0.2) is 5.11 Å². The van der Waals surface area contributed by atoms with Gasteiger partial charge in [-0.3, -0.25) is 14.5 Å². The molecular weight excluding hydrogens is 490 g/mol. The predicted octanol–water partition coefficient (Wildman–Crippen LogP) is 4.59. The average Bonchev–Trinajstić information content (AvgIpc) is 3.32. The standard InChI is InChI=1S/C28H39N3O5S/c1-26(2,3)35-22(32)21(19-11-14-30(17-19)25(34)36-27(4,5)6)16-18-9-7-10-20(15-18)31-23(33)28(12-8-13-28)29-24(31)37/h7,9-10,15,19,21H,8,11-14,16-17H2,1-6H3,(H,29,37)/t19-,21-/m0/s1. The van der Waals surface area contributed by atoms with E-state index in [1.165, 1.54) is 0 Å². The molecule has 1 aliphatic carbocycles. The number of amides is 2. The molecule has 1 saturated carbocycles. The minimum Gasteiger partial charge on any atom is -0.460 e. The lowest BCUT2D eigenvalue weighted by molar-refractivity contribution is -0.162. The largest absolute Gasteiger partial charge is 0.460 e. The van der Waals surface area contributed by atoms with Gasteiger partial charge in [0, 0.05) is 13.1 Å². The fraction of sp³-hybridized carbons (Fsp3) is 0.643. The van der Waals surface area contributed by atoms with E-state index in [2.05, 4.69) is 5.32 Å². The Hall–Kier alpha value is -2.68. The van der Waals surface area contributed by atoms with E-state index in [-0.39, 0.29) is 23.9 Å². The number of benzene rings is 1. The Kier molecular flexibility index (Phi) is 7.31. The smallest absolute Gasteiger partial charge is 0.410 e. The molecule has 4 rings (SSSR count). The maximum Gasteiger partial charge on any atom is 0.410 e. The number of nitrogens with one attached hydrogen (secondary N) is 1. The van der Waals surface area contributed by atoms with E-state index < -0.39 is 22.7 Å². The second kappa shape index (κ2) is 9.89. The van der Waals surface area contributed by atoms with Crippen molar-refractivity contribution in [2.75, 3.05) is 18.0 Å². The monoisotopic (exact) mass is 529 g/mol. The number of ether oxygens (including phenoxy) is 2. The summed E-state index contributed by atoms with van der Waals surface area (Å²) in [5.41, 5.74) is -0.151. The maximum atomic E-state index is 13.4. The lowest BCUT2D eigenvalue weighted by atomic mass is 9.77. The van der Waals surface area contributed by atoms with Crippen molar-refractivity contribution in [1.29, 1.82) is 0 Å². The first kappa shape index (κ1) is 27.4. The number of anilines is 1. The van der Waals surface area contributed by atoms with Crippen molar-refractivity contribution in [3.05, 3.63) is 29.8 Å². The van der Waals surface area contributed by atoms with Crippen molar-refractivity contribution in [3.8, 4) is 0 Å². The van der Waals surface area contributed by atoms with E-state index in [1.807, 2.05) is 65.8 Å².